The van der Waals surface area contributed by atoms with Crippen molar-refractivity contribution in [3.05, 3.63) is 53.6 Å². The predicted molar refractivity (Wildman–Crippen MR) is 107 cm³/mol. The molecule has 0 radical (unpaired) electrons. The quantitative estimate of drug-likeness (QED) is 0.673. The van der Waals surface area contributed by atoms with Gasteiger partial charge >= 0.3 is 5.97 Å². The minimum absolute atomic E-state index is 0.0614. The SMILES string of the molecule is CCOc1ccc(CC(CNC(=O)Cc2ccc3c(c2)OCCO3)C(=O)O)cc1. The number of carboxylic acids is 1. The van der Waals surface area contributed by atoms with Crippen LogP contribution in [0.4, 0.5) is 0 Å². The van der Waals surface area contributed by atoms with Crippen LogP contribution in [0.5, 0.6) is 17.2 Å². The summed E-state index contributed by atoms with van der Waals surface area (Å²) in [5.41, 5.74) is 1.66. The van der Waals surface area contributed by atoms with Gasteiger partial charge in [-0.1, -0.05) is 18.2 Å². The van der Waals surface area contributed by atoms with Crippen LogP contribution in [0.15, 0.2) is 42.5 Å². The summed E-state index contributed by atoms with van der Waals surface area (Å²) in [6.07, 6.45) is 0.470. The maximum absolute atomic E-state index is 12.3. The molecule has 29 heavy (non-hydrogen) atoms. The Kier molecular flexibility index (Phi) is 6.94. The van der Waals surface area contributed by atoms with Crippen LogP contribution in [0.1, 0.15) is 18.1 Å². The molecule has 7 nitrogen and oxygen atoms in total. The molecule has 2 aromatic rings. The molecule has 0 aliphatic carbocycles. The highest BCUT2D eigenvalue weighted by Crippen LogP contribution is 2.30. The summed E-state index contributed by atoms with van der Waals surface area (Å²) >= 11 is 0. The minimum Gasteiger partial charge on any atom is -0.494 e. The number of carboxylic acid groups (broad SMARTS) is 1. The second-order valence-corrected chi connectivity index (χ2v) is 6.78. The molecule has 1 aliphatic heterocycles. The molecule has 3 rings (SSSR count). The molecular formula is C22H25NO6. The minimum atomic E-state index is -0.946. The number of nitrogens with one attached hydrogen (secondary N) is 1. The van der Waals surface area contributed by atoms with Gasteiger partial charge in [-0.05, 0) is 48.7 Å². The predicted octanol–water partition coefficient (Wildman–Crippen LogP) is 2.46. The summed E-state index contributed by atoms with van der Waals surface area (Å²) in [6.45, 7) is 3.53. The maximum Gasteiger partial charge on any atom is 0.308 e. The first-order chi connectivity index (χ1) is 14.0. The van der Waals surface area contributed by atoms with Crippen LogP contribution in [-0.2, 0) is 22.4 Å². The average molecular weight is 399 g/mol. The molecule has 1 unspecified atom stereocenters. The molecule has 2 aromatic carbocycles. The van der Waals surface area contributed by atoms with E-state index in [-0.39, 0.29) is 18.9 Å². The number of benzene rings is 2. The fourth-order valence-corrected chi connectivity index (χ4v) is 3.10. The number of rotatable bonds is 9. The molecular weight excluding hydrogens is 374 g/mol. The maximum atomic E-state index is 12.3. The van der Waals surface area contributed by atoms with E-state index < -0.39 is 11.9 Å². The molecule has 1 amide bonds. The molecule has 1 heterocycles. The molecule has 0 saturated heterocycles. The van der Waals surface area contributed by atoms with Gasteiger partial charge in [0.2, 0.25) is 5.91 Å². The van der Waals surface area contributed by atoms with Crippen molar-refractivity contribution in [3.63, 3.8) is 0 Å². The third-order valence-electron chi connectivity index (χ3n) is 4.58. The summed E-state index contributed by atoms with van der Waals surface area (Å²) in [7, 11) is 0. The smallest absolute Gasteiger partial charge is 0.308 e. The number of carbonyl (C=O) groups is 2. The molecule has 7 heteroatoms. The van der Waals surface area contributed by atoms with Crippen molar-refractivity contribution in [2.45, 2.75) is 19.8 Å². The number of aliphatic carboxylic acids is 1. The van der Waals surface area contributed by atoms with E-state index in [1.54, 1.807) is 12.1 Å². The second kappa shape index (κ2) is 9.82. The molecule has 1 aliphatic rings. The van der Waals surface area contributed by atoms with Crippen molar-refractivity contribution in [1.29, 1.82) is 0 Å². The van der Waals surface area contributed by atoms with E-state index in [2.05, 4.69) is 5.32 Å². The van der Waals surface area contributed by atoms with Gasteiger partial charge in [0.1, 0.15) is 19.0 Å². The normalized spacial score (nSPS) is 13.4. The van der Waals surface area contributed by atoms with E-state index in [9.17, 15) is 14.7 Å². The van der Waals surface area contributed by atoms with Gasteiger partial charge in [-0.3, -0.25) is 9.59 Å². The number of hydrogen-bond donors (Lipinski definition) is 2. The third kappa shape index (κ3) is 5.88. The van der Waals surface area contributed by atoms with Gasteiger partial charge in [0, 0.05) is 6.54 Å². The zero-order valence-corrected chi connectivity index (χ0v) is 16.3. The highest BCUT2D eigenvalue weighted by molar-refractivity contribution is 5.80. The fraction of sp³-hybridized carbons (Fsp3) is 0.364. The van der Waals surface area contributed by atoms with Crippen molar-refractivity contribution < 1.29 is 28.9 Å². The Morgan fingerprint density at radius 3 is 2.45 bits per heavy atom. The van der Waals surface area contributed by atoms with Crippen molar-refractivity contribution in [3.8, 4) is 17.2 Å². The highest BCUT2D eigenvalue weighted by Gasteiger charge is 2.20. The van der Waals surface area contributed by atoms with E-state index in [1.165, 1.54) is 0 Å². The number of hydrogen-bond acceptors (Lipinski definition) is 5. The summed E-state index contributed by atoms with van der Waals surface area (Å²) < 4.78 is 16.4. The Labute approximate surface area is 169 Å². The Morgan fingerprint density at radius 2 is 1.76 bits per heavy atom. The van der Waals surface area contributed by atoms with E-state index in [0.717, 1.165) is 16.9 Å². The first-order valence-electron chi connectivity index (χ1n) is 9.65. The summed E-state index contributed by atoms with van der Waals surface area (Å²) in [5, 5.41) is 12.2. The highest BCUT2D eigenvalue weighted by atomic mass is 16.6. The van der Waals surface area contributed by atoms with Crippen LogP contribution < -0.4 is 19.5 Å². The summed E-state index contributed by atoms with van der Waals surface area (Å²) in [6, 6.07) is 12.7. The monoisotopic (exact) mass is 399 g/mol. The van der Waals surface area contributed by atoms with Crippen molar-refractivity contribution >= 4 is 11.9 Å². The number of fused-ring (bicyclic) bond motifs is 1. The van der Waals surface area contributed by atoms with Crippen LogP contribution in [0, 0.1) is 5.92 Å². The van der Waals surface area contributed by atoms with Gasteiger partial charge in [0.15, 0.2) is 11.5 Å². The van der Waals surface area contributed by atoms with E-state index in [1.807, 2.05) is 37.3 Å². The van der Waals surface area contributed by atoms with Crippen LogP contribution >= 0.6 is 0 Å². The van der Waals surface area contributed by atoms with Crippen LogP contribution in [0.25, 0.3) is 0 Å². The molecule has 0 bridgehead atoms. The molecule has 0 spiro atoms. The molecule has 0 fully saturated rings. The Morgan fingerprint density at radius 1 is 1.07 bits per heavy atom. The van der Waals surface area contributed by atoms with E-state index >= 15 is 0 Å². The molecule has 1 atom stereocenters. The van der Waals surface area contributed by atoms with Gasteiger partial charge in [0.05, 0.1) is 18.9 Å². The van der Waals surface area contributed by atoms with Gasteiger partial charge < -0.3 is 24.6 Å². The van der Waals surface area contributed by atoms with Gasteiger partial charge in [0.25, 0.3) is 0 Å². The Bertz CT molecular complexity index is 849. The van der Waals surface area contributed by atoms with Crippen molar-refractivity contribution in [2.24, 2.45) is 5.92 Å². The fourth-order valence-electron chi connectivity index (χ4n) is 3.10. The second-order valence-electron chi connectivity index (χ2n) is 6.78. The zero-order valence-electron chi connectivity index (χ0n) is 16.3. The first kappa shape index (κ1) is 20.5. The van der Waals surface area contributed by atoms with Gasteiger partial charge in [-0.2, -0.15) is 0 Å². The average Bonchev–Trinajstić information content (AvgIpc) is 2.72. The van der Waals surface area contributed by atoms with Crippen LogP contribution in [0.3, 0.4) is 0 Å². The Balaban J connectivity index is 1.53. The van der Waals surface area contributed by atoms with Crippen molar-refractivity contribution in [2.75, 3.05) is 26.4 Å². The lowest BCUT2D eigenvalue weighted by Gasteiger charge is -2.19. The van der Waals surface area contributed by atoms with E-state index in [4.69, 9.17) is 14.2 Å². The lowest BCUT2D eigenvalue weighted by Crippen LogP contribution is -2.34. The summed E-state index contributed by atoms with van der Waals surface area (Å²) in [5.74, 6) is 0.147. The van der Waals surface area contributed by atoms with Gasteiger partial charge in [-0.15, -0.1) is 0 Å². The first-order valence-corrected chi connectivity index (χ1v) is 9.65. The van der Waals surface area contributed by atoms with Gasteiger partial charge in [-0.25, -0.2) is 0 Å². The number of amides is 1. The lowest BCUT2D eigenvalue weighted by atomic mass is 9.99. The topological polar surface area (TPSA) is 94.1 Å². The molecule has 154 valence electrons. The lowest BCUT2D eigenvalue weighted by molar-refractivity contribution is -0.141. The molecule has 2 N–H and O–H groups in total. The van der Waals surface area contributed by atoms with Crippen LogP contribution in [0.2, 0.25) is 0 Å². The largest absolute Gasteiger partial charge is 0.494 e. The third-order valence-corrected chi connectivity index (χ3v) is 4.58. The molecule has 0 saturated carbocycles. The van der Waals surface area contributed by atoms with Crippen LogP contribution in [-0.4, -0.2) is 43.3 Å². The zero-order chi connectivity index (χ0) is 20.6. The summed E-state index contributed by atoms with van der Waals surface area (Å²) in [4.78, 5) is 23.9. The number of ether oxygens (including phenoxy) is 3. The standard InChI is InChI=1S/C22H25NO6/c1-2-27-18-6-3-15(4-7-18)11-17(22(25)26)14-23-21(24)13-16-5-8-19-20(12-16)29-10-9-28-19/h3-8,12,17H,2,9-11,13-14H2,1H3,(H,23,24)(H,25,26). The number of carbonyl (C=O) groups excluding carboxylic acids is 1. The Hall–Kier alpha value is -3.22. The van der Waals surface area contributed by atoms with E-state index in [0.29, 0.717) is 37.7 Å². The van der Waals surface area contributed by atoms with Crippen molar-refractivity contribution in [1.82, 2.24) is 5.32 Å². The molecule has 0 aromatic heterocycles.